The lowest BCUT2D eigenvalue weighted by atomic mass is 10.1. The number of hydrogen-bond acceptors (Lipinski definition) is 5. The Morgan fingerprint density at radius 3 is 2.80 bits per heavy atom. The third-order valence-corrected chi connectivity index (χ3v) is 6.47. The van der Waals surface area contributed by atoms with Crippen LogP contribution < -0.4 is 11.3 Å². The minimum Gasteiger partial charge on any atom is -0.369 e. The number of aromatic amines is 1. The van der Waals surface area contributed by atoms with Gasteiger partial charge in [0.2, 0.25) is 5.91 Å². The van der Waals surface area contributed by atoms with Crippen molar-refractivity contribution in [2.75, 3.05) is 0 Å². The number of hydrogen-bond donors (Lipinski definition) is 2. The third kappa shape index (κ3) is 3.69. The molecular weight excluding hydrogens is 401 g/mol. The van der Waals surface area contributed by atoms with Gasteiger partial charge in [-0.05, 0) is 24.1 Å². The van der Waals surface area contributed by atoms with Crippen LogP contribution >= 0.6 is 46.3 Å². The smallest absolute Gasteiger partial charge is 0.260 e. The average molecular weight is 414 g/mol. The number of carbonyl (C=O) groups excluding carboxylic acids is 1. The zero-order valence-electron chi connectivity index (χ0n) is 13.0. The maximum Gasteiger partial charge on any atom is 0.260 e. The van der Waals surface area contributed by atoms with Gasteiger partial charge in [0.25, 0.3) is 5.56 Å². The van der Waals surface area contributed by atoms with E-state index in [-0.39, 0.29) is 5.56 Å². The van der Waals surface area contributed by atoms with Crippen LogP contribution in [0.4, 0.5) is 0 Å². The van der Waals surface area contributed by atoms with Crippen molar-refractivity contribution in [2.24, 2.45) is 5.73 Å². The molecule has 0 fully saturated rings. The maximum absolute atomic E-state index is 12.6. The summed E-state index contributed by atoms with van der Waals surface area (Å²) >= 11 is 14.5. The molecule has 25 heavy (non-hydrogen) atoms. The van der Waals surface area contributed by atoms with Crippen LogP contribution in [0.5, 0.6) is 0 Å². The van der Waals surface area contributed by atoms with E-state index in [1.165, 1.54) is 11.3 Å². The fraction of sp³-hybridized carbons (Fsp3) is 0.188. The van der Waals surface area contributed by atoms with Crippen LogP contribution in [0.2, 0.25) is 10.0 Å². The summed E-state index contributed by atoms with van der Waals surface area (Å²) < 4.78 is 0. The van der Waals surface area contributed by atoms with E-state index < -0.39 is 11.2 Å². The molecular formula is C16H13Cl2N3O2S2. The Morgan fingerprint density at radius 1 is 1.40 bits per heavy atom. The Labute approximate surface area is 161 Å². The quantitative estimate of drug-likeness (QED) is 0.481. The van der Waals surface area contributed by atoms with E-state index in [9.17, 15) is 9.59 Å². The molecule has 2 heterocycles. The second-order valence-electron chi connectivity index (χ2n) is 5.25. The van der Waals surface area contributed by atoms with Gasteiger partial charge in [-0.3, -0.25) is 9.59 Å². The molecule has 9 heteroatoms. The number of rotatable bonds is 5. The third-order valence-electron chi connectivity index (χ3n) is 3.59. The Balaban J connectivity index is 2.06. The van der Waals surface area contributed by atoms with Crippen LogP contribution in [0.3, 0.4) is 0 Å². The average Bonchev–Trinajstić information content (AvgIpc) is 2.99. The largest absolute Gasteiger partial charge is 0.369 e. The molecule has 5 nitrogen and oxygen atoms in total. The highest BCUT2D eigenvalue weighted by Crippen LogP contribution is 2.35. The van der Waals surface area contributed by atoms with Gasteiger partial charge in [0.15, 0.2) is 5.16 Å². The number of benzene rings is 1. The van der Waals surface area contributed by atoms with Crippen molar-refractivity contribution in [3.63, 3.8) is 0 Å². The first-order valence-electron chi connectivity index (χ1n) is 7.33. The number of carbonyl (C=O) groups is 1. The fourth-order valence-corrected chi connectivity index (χ4v) is 4.49. The number of nitrogens with zero attached hydrogens (tertiary/aromatic N) is 1. The molecule has 3 aromatic rings. The van der Waals surface area contributed by atoms with Gasteiger partial charge in [-0.15, -0.1) is 11.3 Å². The normalized spacial score (nSPS) is 12.4. The van der Waals surface area contributed by atoms with E-state index in [1.54, 1.807) is 18.2 Å². The summed E-state index contributed by atoms with van der Waals surface area (Å²) in [6.45, 7) is 1.85. The molecule has 0 bridgehead atoms. The lowest BCUT2D eigenvalue weighted by Crippen LogP contribution is -2.25. The number of thiophene rings is 1. The van der Waals surface area contributed by atoms with Gasteiger partial charge in [0.1, 0.15) is 4.83 Å². The van der Waals surface area contributed by atoms with Gasteiger partial charge in [-0.1, -0.05) is 48.0 Å². The molecule has 1 aromatic carbocycles. The number of fused-ring (bicyclic) bond motifs is 1. The molecule has 0 aliphatic carbocycles. The molecule has 130 valence electrons. The van der Waals surface area contributed by atoms with Crippen LogP contribution in [-0.4, -0.2) is 21.1 Å². The van der Waals surface area contributed by atoms with E-state index >= 15 is 0 Å². The first-order chi connectivity index (χ1) is 11.9. The van der Waals surface area contributed by atoms with Crippen molar-refractivity contribution >= 4 is 62.4 Å². The second-order valence-corrected chi connectivity index (χ2v) is 8.11. The zero-order valence-corrected chi connectivity index (χ0v) is 16.2. The predicted octanol–water partition coefficient (Wildman–Crippen LogP) is 4.31. The van der Waals surface area contributed by atoms with Crippen molar-refractivity contribution in [3.8, 4) is 11.1 Å². The number of halogens is 2. The van der Waals surface area contributed by atoms with Crippen molar-refractivity contribution in [1.82, 2.24) is 9.97 Å². The summed E-state index contributed by atoms with van der Waals surface area (Å²) in [5.74, 6) is -0.432. The highest BCUT2D eigenvalue weighted by molar-refractivity contribution is 8.00. The van der Waals surface area contributed by atoms with Crippen LogP contribution in [0.25, 0.3) is 21.3 Å². The topological polar surface area (TPSA) is 88.8 Å². The zero-order chi connectivity index (χ0) is 18.1. The van der Waals surface area contributed by atoms with Crippen molar-refractivity contribution in [3.05, 3.63) is 44.0 Å². The van der Waals surface area contributed by atoms with Crippen molar-refractivity contribution in [1.29, 1.82) is 0 Å². The lowest BCUT2D eigenvalue weighted by molar-refractivity contribution is -0.117. The summed E-state index contributed by atoms with van der Waals surface area (Å²) in [6.07, 6.45) is 0.556. The summed E-state index contributed by atoms with van der Waals surface area (Å²) in [7, 11) is 0. The molecule has 0 spiro atoms. The van der Waals surface area contributed by atoms with Crippen LogP contribution in [0.1, 0.15) is 13.3 Å². The van der Waals surface area contributed by atoms with Gasteiger partial charge in [-0.25, -0.2) is 4.98 Å². The Morgan fingerprint density at radius 2 is 2.16 bits per heavy atom. The molecule has 1 atom stereocenters. The molecule has 1 unspecified atom stereocenters. The molecule has 0 radical (unpaired) electrons. The standard InChI is InChI=1S/C16H13Cl2N3O2S2/c1-2-11(13(19)22)25-16-20-14(23)12-8(6-24-15(12)21-16)7-3-4-9(17)10(18)5-7/h3-6,11H,2H2,1H3,(H2,19,22)(H,20,21,23). The molecule has 3 N–H and O–H groups in total. The Kier molecular flexibility index (Phi) is 5.38. The van der Waals surface area contributed by atoms with Crippen LogP contribution in [0, 0.1) is 0 Å². The minimum atomic E-state index is -0.435. The fourth-order valence-electron chi connectivity index (χ4n) is 2.34. The summed E-state index contributed by atoms with van der Waals surface area (Å²) in [5, 5.41) is 3.16. The molecule has 0 saturated heterocycles. The van der Waals surface area contributed by atoms with E-state index in [4.69, 9.17) is 28.9 Å². The molecule has 3 rings (SSSR count). The Bertz CT molecular complexity index is 1020. The molecule has 0 aliphatic heterocycles. The number of aromatic nitrogens is 2. The number of H-pyrrole nitrogens is 1. The monoisotopic (exact) mass is 413 g/mol. The number of nitrogens with one attached hydrogen (secondary N) is 1. The maximum atomic E-state index is 12.6. The van der Waals surface area contributed by atoms with Crippen LogP contribution in [0.15, 0.2) is 33.5 Å². The van der Waals surface area contributed by atoms with Gasteiger partial charge >= 0.3 is 0 Å². The lowest BCUT2D eigenvalue weighted by Gasteiger charge is -2.09. The number of amides is 1. The number of thioether (sulfide) groups is 1. The summed E-state index contributed by atoms with van der Waals surface area (Å²) in [5.41, 5.74) is 6.61. The van der Waals surface area contributed by atoms with Crippen LogP contribution in [-0.2, 0) is 4.79 Å². The predicted molar refractivity (Wildman–Crippen MR) is 105 cm³/mol. The molecule has 2 aromatic heterocycles. The SMILES string of the molecule is CCC(Sc1nc2scc(-c3ccc(Cl)c(Cl)c3)c2c(=O)[nH]1)C(N)=O. The van der Waals surface area contributed by atoms with Gasteiger partial charge in [0, 0.05) is 10.9 Å². The first kappa shape index (κ1) is 18.3. The highest BCUT2D eigenvalue weighted by atomic mass is 35.5. The van der Waals surface area contributed by atoms with E-state index in [0.717, 1.165) is 22.9 Å². The number of primary amides is 1. The molecule has 0 aliphatic rings. The van der Waals surface area contributed by atoms with E-state index in [2.05, 4.69) is 9.97 Å². The summed E-state index contributed by atoms with van der Waals surface area (Å²) in [4.78, 5) is 31.7. The van der Waals surface area contributed by atoms with Crippen molar-refractivity contribution < 1.29 is 4.79 Å². The van der Waals surface area contributed by atoms with Crippen molar-refractivity contribution in [2.45, 2.75) is 23.8 Å². The molecule has 1 amide bonds. The first-order valence-corrected chi connectivity index (χ1v) is 9.85. The van der Waals surface area contributed by atoms with E-state index in [0.29, 0.717) is 31.8 Å². The van der Waals surface area contributed by atoms with Gasteiger partial charge < -0.3 is 10.7 Å². The number of nitrogens with two attached hydrogens (primary N) is 1. The molecule has 0 saturated carbocycles. The second kappa shape index (κ2) is 7.37. The summed E-state index contributed by atoms with van der Waals surface area (Å²) in [6, 6.07) is 5.21. The van der Waals surface area contributed by atoms with E-state index in [1.807, 2.05) is 12.3 Å². The minimum absolute atomic E-state index is 0.269. The Hall–Kier alpha value is -1.54. The van der Waals surface area contributed by atoms with Gasteiger partial charge in [0.05, 0.1) is 20.7 Å². The highest BCUT2D eigenvalue weighted by Gasteiger charge is 2.19. The van der Waals surface area contributed by atoms with Gasteiger partial charge in [-0.2, -0.15) is 0 Å².